The van der Waals surface area contributed by atoms with E-state index in [2.05, 4.69) is 19.8 Å². The fourth-order valence-corrected chi connectivity index (χ4v) is 4.81. The summed E-state index contributed by atoms with van der Waals surface area (Å²) in [6.07, 6.45) is 4.32. The molecule has 0 radical (unpaired) electrons. The summed E-state index contributed by atoms with van der Waals surface area (Å²) in [7, 11) is -3.75. The van der Waals surface area contributed by atoms with Gasteiger partial charge >= 0.3 is 0 Å². The summed E-state index contributed by atoms with van der Waals surface area (Å²) in [5.41, 5.74) is 7.05. The number of nitrogens with two attached hydrogens (primary N) is 1. The summed E-state index contributed by atoms with van der Waals surface area (Å²) in [6.45, 7) is 7.62. The highest BCUT2D eigenvalue weighted by molar-refractivity contribution is 7.89. The lowest BCUT2D eigenvalue weighted by atomic mass is 10.2. The number of hydrogen-bond acceptors (Lipinski definition) is 7. The predicted octanol–water partition coefficient (Wildman–Crippen LogP) is 2.70. The van der Waals surface area contributed by atoms with Gasteiger partial charge in [-0.1, -0.05) is 19.8 Å². The Morgan fingerprint density at radius 3 is 2.65 bits per heavy atom. The summed E-state index contributed by atoms with van der Waals surface area (Å²) in [5, 5.41) is 4.38. The van der Waals surface area contributed by atoms with E-state index in [1.165, 1.54) is 12.1 Å². The van der Waals surface area contributed by atoms with E-state index in [0.29, 0.717) is 54.3 Å². The van der Waals surface area contributed by atoms with Crippen molar-refractivity contribution in [2.24, 2.45) is 5.73 Å². The molecule has 0 bridgehead atoms. The molecule has 34 heavy (non-hydrogen) atoms. The molecule has 0 saturated carbocycles. The van der Waals surface area contributed by atoms with Crippen LogP contribution in [0.25, 0.3) is 22.4 Å². The molecule has 0 fully saturated rings. The van der Waals surface area contributed by atoms with Crippen LogP contribution in [-0.2, 0) is 16.6 Å². The zero-order valence-corrected chi connectivity index (χ0v) is 20.9. The standard InChI is InChI=1S/C23H34N6O4S/c1-4-14-33-19-11-10-17(34(31,32)25-13-9-7-6-8-12-24)15-18(19)22-26-20-16(3)28-29(5-2)21(20)23(30)27-22/h10-11,15,25H,4-9,12-14,24H2,1-3H3,(H,26,27,30). The first kappa shape index (κ1) is 25.9. The van der Waals surface area contributed by atoms with Crippen molar-refractivity contribution in [3.63, 3.8) is 0 Å². The Bertz CT molecular complexity index is 1280. The number of ether oxygens (including phenoxy) is 1. The maximum atomic E-state index is 12.9. The second-order valence-corrected chi connectivity index (χ2v) is 9.89. The number of nitrogens with zero attached hydrogens (tertiary/aromatic N) is 3. The zero-order valence-electron chi connectivity index (χ0n) is 20.1. The molecular weight excluding hydrogens is 456 g/mol. The lowest BCUT2D eigenvalue weighted by molar-refractivity contribution is 0.318. The third-order valence-corrected chi connectivity index (χ3v) is 6.93. The van der Waals surface area contributed by atoms with Crippen LogP contribution in [0.3, 0.4) is 0 Å². The molecule has 186 valence electrons. The smallest absolute Gasteiger partial charge is 0.277 e. The highest BCUT2D eigenvalue weighted by Gasteiger charge is 2.20. The van der Waals surface area contributed by atoms with Gasteiger partial charge in [0.2, 0.25) is 10.0 Å². The number of aromatic nitrogens is 4. The molecule has 0 amide bonds. The molecule has 2 aromatic heterocycles. The normalized spacial score (nSPS) is 11.9. The minimum absolute atomic E-state index is 0.0806. The monoisotopic (exact) mass is 490 g/mol. The van der Waals surface area contributed by atoms with E-state index >= 15 is 0 Å². The zero-order chi connectivity index (χ0) is 24.7. The Kier molecular flexibility index (Phi) is 8.81. The third-order valence-electron chi connectivity index (χ3n) is 5.47. The number of aryl methyl sites for hydroxylation is 2. The number of unbranched alkanes of at least 4 members (excludes halogenated alkanes) is 3. The van der Waals surface area contributed by atoms with Gasteiger partial charge in [0.25, 0.3) is 5.56 Å². The number of sulfonamides is 1. The van der Waals surface area contributed by atoms with Crippen LogP contribution in [0.4, 0.5) is 0 Å². The lowest BCUT2D eigenvalue weighted by Gasteiger charge is -2.13. The molecule has 3 rings (SSSR count). The van der Waals surface area contributed by atoms with Crippen LogP contribution in [0.15, 0.2) is 27.9 Å². The molecule has 0 spiro atoms. The van der Waals surface area contributed by atoms with Gasteiger partial charge in [-0.25, -0.2) is 18.1 Å². The minimum atomic E-state index is -3.75. The summed E-state index contributed by atoms with van der Waals surface area (Å²) in [5.74, 6) is 0.687. The maximum absolute atomic E-state index is 12.9. The molecule has 0 aliphatic rings. The van der Waals surface area contributed by atoms with E-state index in [4.69, 9.17) is 10.5 Å². The second-order valence-electron chi connectivity index (χ2n) is 8.12. The van der Waals surface area contributed by atoms with E-state index in [0.717, 1.165) is 32.1 Å². The van der Waals surface area contributed by atoms with Crippen LogP contribution in [0, 0.1) is 6.92 Å². The van der Waals surface area contributed by atoms with Crippen LogP contribution in [-0.4, -0.2) is 47.9 Å². The molecule has 0 unspecified atom stereocenters. The summed E-state index contributed by atoms with van der Waals surface area (Å²) >= 11 is 0. The van der Waals surface area contributed by atoms with E-state index in [-0.39, 0.29) is 16.3 Å². The van der Waals surface area contributed by atoms with Crippen LogP contribution < -0.4 is 20.8 Å². The van der Waals surface area contributed by atoms with Crippen molar-refractivity contribution in [3.8, 4) is 17.1 Å². The van der Waals surface area contributed by atoms with Crippen LogP contribution in [0.1, 0.15) is 51.6 Å². The van der Waals surface area contributed by atoms with Crippen molar-refractivity contribution in [1.82, 2.24) is 24.5 Å². The first-order chi connectivity index (χ1) is 16.3. The molecule has 10 nitrogen and oxygen atoms in total. The van der Waals surface area contributed by atoms with Gasteiger partial charge in [0, 0.05) is 13.1 Å². The second kappa shape index (κ2) is 11.6. The molecule has 0 aliphatic carbocycles. The average Bonchev–Trinajstić information content (AvgIpc) is 3.16. The van der Waals surface area contributed by atoms with E-state index in [1.807, 2.05) is 13.8 Å². The molecule has 0 atom stereocenters. The van der Waals surface area contributed by atoms with Crippen molar-refractivity contribution >= 4 is 21.1 Å². The van der Waals surface area contributed by atoms with Crippen LogP contribution >= 0.6 is 0 Å². The van der Waals surface area contributed by atoms with Crippen molar-refractivity contribution in [1.29, 1.82) is 0 Å². The molecule has 3 aromatic rings. The Hall–Kier alpha value is -2.76. The molecule has 4 N–H and O–H groups in total. The van der Waals surface area contributed by atoms with E-state index in [1.54, 1.807) is 17.7 Å². The summed E-state index contributed by atoms with van der Waals surface area (Å²) in [6, 6.07) is 4.60. The van der Waals surface area contributed by atoms with Gasteiger partial charge in [-0.05, 0) is 57.9 Å². The average molecular weight is 491 g/mol. The molecule has 0 saturated heterocycles. The van der Waals surface area contributed by atoms with Gasteiger partial charge in [-0.2, -0.15) is 5.10 Å². The largest absolute Gasteiger partial charge is 0.493 e. The van der Waals surface area contributed by atoms with Crippen molar-refractivity contribution < 1.29 is 13.2 Å². The van der Waals surface area contributed by atoms with Gasteiger partial charge in [0.15, 0.2) is 5.52 Å². The predicted molar refractivity (Wildman–Crippen MR) is 132 cm³/mol. The van der Waals surface area contributed by atoms with Crippen molar-refractivity contribution in [2.75, 3.05) is 19.7 Å². The van der Waals surface area contributed by atoms with E-state index < -0.39 is 10.0 Å². The Labute approximate surface area is 200 Å². The number of hydrogen-bond donors (Lipinski definition) is 3. The topological polar surface area (TPSA) is 145 Å². The molecular formula is C23H34N6O4S. The minimum Gasteiger partial charge on any atom is -0.493 e. The third kappa shape index (κ3) is 5.83. The van der Waals surface area contributed by atoms with Crippen LogP contribution in [0.2, 0.25) is 0 Å². The maximum Gasteiger partial charge on any atom is 0.277 e. The fraction of sp³-hybridized carbons (Fsp3) is 0.522. The Morgan fingerprint density at radius 2 is 1.94 bits per heavy atom. The number of nitrogens with one attached hydrogen (secondary N) is 2. The van der Waals surface area contributed by atoms with Gasteiger partial charge < -0.3 is 15.5 Å². The number of aromatic amines is 1. The molecule has 0 aliphatic heterocycles. The molecule has 11 heteroatoms. The highest BCUT2D eigenvalue weighted by atomic mass is 32.2. The quantitative estimate of drug-likeness (QED) is 0.312. The summed E-state index contributed by atoms with van der Waals surface area (Å²) in [4.78, 5) is 20.4. The Morgan fingerprint density at radius 1 is 1.18 bits per heavy atom. The number of fused-ring (bicyclic) bond motifs is 1. The summed E-state index contributed by atoms with van der Waals surface area (Å²) < 4.78 is 36.0. The van der Waals surface area contributed by atoms with Gasteiger partial charge in [0.05, 0.1) is 22.8 Å². The molecule has 1 aromatic carbocycles. The highest BCUT2D eigenvalue weighted by Crippen LogP contribution is 2.31. The van der Waals surface area contributed by atoms with Gasteiger partial charge in [-0.3, -0.25) is 9.48 Å². The number of H-pyrrole nitrogens is 1. The number of benzene rings is 1. The first-order valence-corrected chi connectivity index (χ1v) is 13.2. The van der Waals surface area contributed by atoms with Crippen molar-refractivity contribution in [3.05, 3.63) is 34.2 Å². The number of rotatable bonds is 13. The SMILES string of the molecule is CCCOc1ccc(S(=O)(=O)NCCCCCCN)cc1-c1nc2c(C)nn(CC)c2c(=O)[nH]1. The lowest BCUT2D eigenvalue weighted by Crippen LogP contribution is -2.25. The van der Waals surface area contributed by atoms with Crippen LogP contribution in [0.5, 0.6) is 5.75 Å². The van der Waals surface area contributed by atoms with Crippen molar-refractivity contribution in [2.45, 2.75) is 64.3 Å². The van der Waals surface area contributed by atoms with E-state index in [9.17, 15) is 13.2 Å². The van der Waals surface area contributed by atoms with Gasteiger partial charge in [-0.15, -0.1) is 0 Å². The fourth-order valence-electron chi connectivity index (χ4n) is 3.71. The Balaban J connectivity index is 1.98. The van der Waals surface area contributed by atoms with Gasteiger partial charge in [0.1, 0.15) is 17.1 Å². The first-order valence-electron chi connectivity index (χ1n) is 11.8. The molecule has 2 heterocycles.